The molecule has 1 aromatic heterocycles. The van der Waals surface area contributed by atoms with Crippen molar-refractivity contribution in [3.8, 4) is 0 Å². The fraction of sp³-hybridized carbons (Fsp3) is 0.750. The molecule has 0 spiro atoms. The number of rotatable bonds is 5. The molecule has 3 heteroatoms. The summed E-state index contributed by atoms with van der Waals surface area (Å²) in [5.41, 5.74) is 1.54. The Morgan fingerprint density at radius 2 is 2.13 bits per heavy atom. The fourth-order valence-electron chi connectivity index (χ4n) is 1.91. The molecule has 0 fully saturated rings. The van der Waals surface area contributed by atoms with Crippen LogP contribution in [0.1, 0.15) is 45.7 Å². The van der Waals surface area contributed by atoms with Crippen molar-refractivity contribution in [3.63, 3.8) is 0 Å². The predicted octanol–water partition coefficient (Wildman–Crippen LogP) is 2.60. The lowest BCUT2D eigenvalue weighted by atomic mass is 9.79. The molecule has 1 rings (SSSR count). The van der Waals surface area contributed by atoms with Crippen LogP contribution < -0.4 is 5.32 Å². The number of hydrogen-bond acceptors (Lipinski definition) is 2. The highest BCUT2D eigenvalue weighted by atomic mass is 15.3. The van der Waals surface area contributed by atoms with E-state index in [0.717, 1.165) is 13.0 Å². The van der Waals surface area contributed by atoms with Crippen molar-refractivity contribution < 1.29 is 0 Å². The van der Waals surface area contributed by atoms with E-state index in [9.17, 15) is 0 Å². The third-order valence-electron chi connectivity index (χ3n) is 3.29. The Bertz CT molecular complexity index is 302. The van der Waals surface area contributed by atoms with Crippen LogP contribution in [-0.4, -0.2) is 16.8 Å². The van der Waals surface area contributed by atoms with Gasteiger partial charge in [-0.2, -0.15) is 5.10 Å². The molecule has 0 aliphatic rings. The summed E-state index contributed by atoms with van der Waals surface area (Å²) in [6, 6.07) is 0.378. The zero-order valence-corrected chi connectivity index (χ0v) is 10.5. The number of nitrogens with zero attached hydrogens (tertiary/aromatic N) is 2. The van der Waals surface area contributed by atoms with Gasteiger partial charge in [0.2, 0.25) is 0 Å². The molecule has 0 aromatic carbocycles. The van der Waals surface area contributed by atoms with Gasteiger partial charge in [-0.1, -0.05) is 20.8 Å². The van der Waals surface area contributed by atoms with Crippen molar-refractivity contribution in [1.29, 1.82) is 0 Å². The maximum Gasteiger partial charge on any atom is 0.0537 e. The van der Waals surface area contributed by atoms with E-state index in [1.165, 1.54) is 5.56 Å². The Balaban J connectivity index is 2.92. The van der Waals surface area contributed by atoms with Gasteiger partial charge < -0.3 is 5.32 Å². The highest BCUT2D eigenvalue weighted by Gasteiger charge is 2.28. The third kappa shape index (κ3) is 2.59. The second kappa shape index (κ2) is 4.79. The van der Waals surface area contributed by atoms with Crippen LogP contribution in [0.15, 0.2) is 12.4 Å². The van der Waals surface area contributed by atoms with E-state index in [1.54, 1.807) is 0 Å². The summed E-state index contributed by atoms with van der Waals surface area (Å²) in [6.07, 6.45) is 5.26. The monoisotopic (exact) mass is 209 g/mol. The molecule has 15 heavy (non-hydrogen) atoms. The first-order valence-electron chi connectivity index (χ1n) is 5.74. The highest BCUT2D eigenvalue weighted by molar-refractivity contribution is 5.13. The lowest BCUT2D eigenvalue weighted by molar-refractivity contribution is 0.245. The van der Waals surface area contributed by atoms with E-state index in [4.69, 9.17) is 0 Å². The van der Waals surface area contributed by atoms with Crippen LogP contribution in [0.25, 0.3) is 0 Å². The molecule has 1 atom stereocenters. The number of aryl methyl sites for hydroxylation is 1. The molecule has 0 aliphatic carbocycles. The van der Waals surface area contributed by atoms with Crippen LogP contribution in [0.5, 0.6) is 0 Å². The maximum atomic E-state index is 4.33. The predicted molar refractivity (Wildman–Crippen MR) is 63.8 cm³/mol. The molecule has 0 saturated carbocycles. The lowest BCUT2D eigenvalue weighted by Gasteiger charge is -2.32. The summed E-state index contributed by atoms with van der Waals surface area (Å²) in [5.74, 6) is 0. The number of hydrogen-bond donors (Lipinski definition) is 1. The zero-order chi connectivity index (χ0) is 11.5. The van der Waals surface area contributed by atoms with Crippen LogP contribution in [0.3, 0.4) is 0 Å². The van der Waals surface area contributed by atoms with Gasteiger partial charge in [0, 0.05) is 24.3 Å². The average molecular weight is 209 g/mol. The molecule has 3 nitrogen and oxygen atoms in total. The van der Waals surface area contributed by atoms with E-state index in [2.05, 4.69) is 44.3 Å². The molecule has 0 radical (unpaired) electrons. The van der Waals surface area contributed by atoms with E-state index in [1.807, 2.05) is 17.9 Å². The first-order chi connectivity index (χ1) is 7.05. The van der Waals surface area contributed by atoms with Gasteiger partial charge in [0.25, 0.3) is 0 Å². The Morgan fingerprint density at radius 1 is 1.47 bits per heavy atom. The van der Waals surface area contributed by atoms with E-state index >= 15 is 0 Å². The fourth-order valence-corrected chi connectivity index (χ4v) is 1.91. The molecule has 1 heterocycles. The minimum Gasteiger partial charge on any atom is -0.312 e. The Labute approximate surface area is 92.9 Å². The van der Waals surface area contributed by atoms with Gasteiger partial charge in [0.15, 0.2) is 0 Å². The Hall–Kier alpha value is -0.830. The van der Waals surface area contributed by atoms with Crippen molar-refractivity contribution in [2.45, 2.75) is 46.7 Å². The minimum atomic E-state index is 0.260. The molecule has 1 aromatic rings. The topological polar surface area (TPSA) is 29.9 Å². The summed E-state index contributed by atoms with van der Waals surface area (Å²) in [5, 5.41) is 7.72. The molecule has 1 N–H and O–H groups in total. The van der Waals surface area contributed by atoms with Gasteiger partial charge in [-0.3, -0.25) is 4.68 Å². The van der Waals surface area contributed by atoms with Crippen molar-refractivity contribution in [2.75, 3.05) is 7.05 Å². The van der Waals surface area contributed by atoms with Crippen molar-refractivity contribution >= 4 is 0 Å². The summed E-state index contributed by atoms with van der Waals surface area (Å²) in [6.45, 7) is 9.85. The first kappa shape index (κ1) is 12.2. The summed E-state index contributed by atoms with van der Waals surface area (Å²) in [7, 11) is 2.02. The molecule has 0 bridgehead atoms. The second-order valence-electron chi connectivity index (χ2n) is 4.69. The van der Waals surface area contributed by atoms with E-state index in [0.29, 0.717) is 6.04 Å². The summed E-state index contributed by atoms with van der Waals surface area (Å²) < 4.78 is 1.98. The standard InChI is InChI=1S/C12H23N3/c1-6-12(3,4)11(13-5)10-8-14-15(7-2)9-10/h8-9,11,13H,6-7H2,1-5H3. The largest absolute Gasteiger partial charge is 0.312 e. The zero-order valence-electron chi connectivity index (χ0n) is 10.5. The van der Waals surface area contributed by atoms with Gasteiger partial charge in [-0.25, -0.2) is 0 Å². The van der Waals surface area contributed by atoms with Crippen molar-refractivity contribution in [1.82, 2.24) is 15.1 Å². The van der Waals surface area contributed by atoms with Gasteiger partial charge in [-0.05, 0) is 25.8 Å². The summed E-state index contributed by atoms with van der Waals surface area (Å²) >= 11 is 0. The van der Waals surface area contributed by atoms with Crippen LogP contribution in [-0.2, 0) is 6.54 Å². The first-order valence-corrected chi connectivity index (χ1v) is 5.74. The normalized spacial score (nSPS) is 14.2. The molecule has 0 amide bonds. The molecule has 1 unspecified atom stereocenters. The van der Waals surface area contributed by atoms with Gasteiger partial charge in [-0.15, -0.1) is 0 Å². The Morgan fingerprint density at radius 3 is 2.53 bits per heavy atom. The molecule has 0 saturated heterocycles. The van der Waals surface area contributed by atoms with Crippen LogP contribution in [0.4, 0.5) is 0 Å². The average Bonchev–Trinajstić information content (AvgIpc) is 2.67. The van der Waals surface area contributed by atoms with Gasteiger partial charge >= 0.3 is 0 Å². The number of nitrogens with one attached hydrogen (secondary N) is 1. The molecular formula is C12H23N3. The third-order valence-corrected chi connectivity index (χ3v) is 3.29. The van der Waals surface area contributed by atoms with Crippen LogP contribution >= 0.6 is 0 Å². The SMILES string of the molecule is CCn1cc(C(NC)C(C)(C)CC)cn1. The quantitative estimate of drug-likeness (QED) is 0.808. The van der Waals surface area contributed by atoms with E-state index < -0.39 is 0 Å². The molecule has 0 aliphatic heterocycles. The van der Waals surface area contributed by atoms with Crippen LogP contribution in [0, 0.1) is 5.41 Å². The minimum absolute atomic E-state index is 0.260. The highest BCUT2D eigenvalue weighted by Crippen LogP contribution is 2.35. The Kier molecular flexibility index (Phi) is 3.91. The van der Waals surface area contributed by atoms with Crippen molar-refractivity contribution in [3.05, 3.63) is 18.0 Å². The number of aromatic nitrogens is 2. The van der Waals surface area contributed by atoms with Gasteiger partial charge in [0.1, 0.15) is 0 Å². The van der Waals surface area contributed by atoms with Crippen molar-refractivity contribution in [2.24, 2.45) is 5.41 Å². The smallest absolute Gasteiger partial charge is 0.0537 e. The van der Waals surface area contributed by atoms with E-state index in [-0.39, 0.29) is 5.41 Å². The summed E-state index contributed by atoms with van der Waals surface area (Å²) in [4.78, 5) is 0. The second-order valence-corrected chi connectivity index (χ2v) is 4.69. The molecular weight excluding hydrogens is 186 g/mol. The maximum absolute atomic E-state index is 4.33. The lowest BCUT2D eigenvalue weighted by Crippen LogP contribution is -2.31. The van der Waals surface area contributed by atoms with Crippen LogP contribution in [0.2, 0.25) is 0 Å². The van der Waals surface area contributed by atoms with Gasteiger partial charge in [0.05, 0.1) is 6.20 Å². The molecule has 86 valence electrons.